The van der Waals surface area contributed by atoms with E-state index in [0.29, 0.717) is 22.7 Å². The Bertz CT molecular complexity index is 736. The average molecular weight is 246 g/mol. The van der Waals surface area contributed by atoms with Crippen molar-refractivity contribution in [3.05, 3.63) is 48.2 Å². The molecular weight excluding hydrogens is 238 g/mol. The van der Waals surface area contributed by atoms with Gasteiger partial charge in [-0.15, -0.1) is 5.10 Å². The molecule has 0 saturated carbocycles. The molecule has 0 atom stereocenters. The van der Waals surface area contributed by atoms with Gasteiger partial charge in [0.1, 0.15) is 0 Å². The van der Waals surface area contributed by atoms with Crippen LogP contribution in [-0.4, -0.2) is 14.6 Å². The Labute approximate surface area is 101 Å². The first kappa shape index (κ1) is 10.6. The summed E-state index contributed by atoms with van der Waals surface area (Å²) in [6, 6.07) is 6.93. The quantitative estimate of drug-likeness (QED) is 0.716. The van der Waals surface area contributed by atoms with E-state index in [2.05, 4.69) is 10.1 Å². The maximum absolute atomic E-state index is 13.1. The number of pyridine rings is 1. The molecule has 2 heterocycles. The van der Waals surface area contributed by atoms with Crippen LogP contribution >= 0.6 is 0 Å². The molecule has 1 aromatic carbocycles. The van der Waals surface area contributed by atoms with E-state index in [1.54, 1.807) is 18.3 Å². The Morgan fingerprint density at radius 3 is 2.67 bits per heavy atom. The fraction of sp³-hybridized carbons (Fsp3) is 0. The van der Waals surface area contributed by atoms with Gasteiger partial charge in [-0.05, 0) is 30.3 Å². The smallest absolute Gasteiger partial charge is 0.182 e. The Morgan fingerprint density at radius 1 is 1.06 bits per heavy atom. The summed E-state index contributed by atoms with van der Waals surface area (Å²) in [7, 11) is 0. The fourth-order valence-electron chi connectivity index (χ4n) is 1.66. The summed E-state index contributed by atoms with van der Waals surface area (Å²) in [6.07, 6.45) is 1.60. The van der Waals surface area contributed by atoms with Crippen molar-refractivity contribution in [2.45, 2.75) is 0 Å². The van der Waals surface area contributed by atoms with Crippen LogP contribution in [0.4, 0.5) is 14.5 Å². The van der Waals surface area contributed by atoms with Crippen LogP contribution in [0, 0.1) is 11.6 Å². The van der Waals surface area contributed by atoms with Crippen LogP contribution in [0.15, 0.2) is 36.5 Å². The molecule has 3 rings (SSSR count). The second-order valence-electron chi connectivity index (χ2n) is 3.83. The zero-order chi connectivity index (χ0) is 12.7. The standard InChI is InChI=1S/C12H8F2N4/c13-9-3-1-7(5-10(9)14)12-16-11-4-2-8(15)6-18(11)17-12/h1-6H,15H2. The zero-order valence-electron chi connectivity index (χ0n) is 9.14. The highest BCUT2D eigenvalue weighted by Crippen LogP contribution is 2.19. The summed E-state index contributed by atoms with van der Waals surface area (Å²) in [5.41, 5.74) is 7.16. The summed E-state index contributed by atoms with van der Waals surface area (Å²) >= 11 is 0. The summed E-state index contributed by atoms with van der Waals surface area (Å²) in [4.78, 5) is 4.20. The first-order valence-electron chi connectivity index (χ1n) is 5.21. The first-order chi connectivity index (χ1) is 8.63. The molecule has 0 aliphatic carbocycles. The number of nitrogen functional groups attached to an aromatic ring is 1. The van der Waals surface area contributed by atoms with Crippen molar-refractivity contribution in [1.82, 2.24) is 14.6 Å². The van der Waals surface area contributed by atoms with E-state index in [0.717, 1.165) is 12.1 Å². The van der Waals surface area contributed by atoms with Crippen LogP contribution in [0.5, 0.6) is 0 Å². The van der Waals surface area contributed by atoms with Gasteiger partial charge in [0.25, 0.3) is 0 Å². The SMILES string of the molecule is Nc1ccc2nc(-c3ccc(F)c(F)c3)nn2c1. The summed E-state index contributed by atoms with van der Waals surface area (Å²) in [5.74, 6) is -1.50. The number of fused-ring (bicyclic) bond motifs is 1. The second-order valence-corrected chi connectivity index (χ2v) is 3.83. The van der Waals surface area contributed by atoms with Crippen molar-refractivity contribution in [3.63, 3.8) is 0 Å². The maximum atomic E-state index is 13.1. The predicted molar refractivity (Wildman–Crippen MR) is 62.8 cm³/mol. The van der Waals surface area contributed by atoms with Gasteiger partial charge in [0.2, 0.25) is 0 Å². The van der Waals surface area contributed by atoms with Crippen LogP contribution in [0.3, 0.4) is 0 Å². The van der Waals surface area contributed by atoms with E-state index in [1.807, 2.05) is 0 Å². The molecule has 0 aliphatic heterocycles. The molecule has 2 aromatic heterocycles. The van der Waals surface area contributed by atoms with Crippen LogP contribution in [-0.2, 0) is 0 Å². The van der Waals surface area contributed by atoms with Gasteiger partial charge in [-0.2, -0.15) is 0 Å². The lowest BCUT2D eigenvalue weighted by molar-refractivity contribution is 0.509. The lowest BCUT2D eigenvalue weighted by Gasteiger charge is -1.95. The van der Waals surface area contributed by atoms with Gasteiger partial charge in [0.05, 0.1) is 11.9 Å². The minimum absolute atomic E-state index is 0.319. The third kappa shape index (κ3) is 1.67. The van der Waals surface area contributed by atoms with Gasteiger partial charge in [-0.1, -0.05) is 0 Å². The summed E-state index contributed by atoms with van der Waals surface area (Å²) in [5, 5.41) is 4.15. The molecule has 0 aliphatic rings. The predicted octanol–water partition coefficient (Wildman–Crippen LogP) is 2.26. The topological polar surface area (TPSA) is 56.2 Å². The highest BCUT2D eigenvalue weighted by molar-refractivity contribution is 5.59. The lowest BCUT2D eigenvalue weighted by atomic mass is 10.2. The normalized spacial score (nSPS) is 11.0. The number of halogens is 2. The van der Waals surface area contributed by atoms with E-state index in [4.69, 9.17) is 5.73 Å². The summed E-state index contributed by atoms with van der Waals surface area (Å²) < 4.78 is 27.5. The monoisotopic (exact) mass is 246 g/mol. The molecule has 0 amide bonds. The second kappa shape index (κ2) is 3.76. The van der Waals surface area contributed by atoms with Gasteiger partial charge >= 0.3 is 0 Å². The van der Waals surface area contributed by atoms with Gasteiger partial charge in [0, 0.05) is 5.56 Å². The van der Waals surface area contributed by atoms with Crippen LogP contribution < -0.4 is 5.73 Å². The van der Waals surface area contributed by atoms with Crippen molar-refractivity contribution in [2.24, 2.45) is 0 Å². The van der Waals surface area contributed by atoms with Crippen molar-refractivity contribution in [1.29, 1.82) is 0 Å². The molecule has 2 N–H and O–H groups in total. The number of aromatic nitrogens is 3. The highest BCUT2D eigenvalue weighted by Gasteiger charge is 2.09. The summed E-state index contributed by atoms with van der Waals surface area (Å²) in [6.45, 7) is 0. The largest absolute Gasteiger partial charge is 0.397 e. The number of rotatable bonds is 1. The van der Waals surface area contributed by atoms with Gasteiger partial charge in [-0.25, -0.2) is 18.3 Å². The Morgan fingerprint density at radius 2 is 1.89 bits per heavy atom. The first-order valence-corrected chi connectivity index (χ1v) is 5.21. The zero-order valence-corrected chi connectivity index (χ0v) is 9.14. The molecule has 0 spiro atoms. The van der Waals surface area contributed by atoms with Crippen LogP contribution in [0.1, 0.15) is 0 Å². The number of anilines is 1. The number of nitrogens with two attached hydrogens (primary N) is 1. The molecule has 0 saturated heterocycles. The molecule has 6 heteroatoms. The molecule has 0 unspecified atom stereocenters. The Balaban J connectivity index is 2.16. The van der Waals surface area contributed by atoms with Crippen molar-refractivity contribution < 1.29 is 8.78 Å². The van der Waals surface area contributed by atoms with Crippen LogP contribution in [0.25, 0.3) is 17.0 Å². The maximum Gasteiger partial charge on any atom is 0.182 e. The third-order valence-electron chi connectivity index (χ3n) is 2.53. The number of hydrogen-bond donors (Lipinski definition) is 1. The molecule has 0 radical (unpaired) electrons. The van der Waals surface area contributed by atoms with E-state index in [-0.39, 0.29) is 0 Å². The minimum Gasteiger partial charge on any atom is -0.397 e. The van der Waals surface area contributed by atoms with Crippen molar-refractivity contribution in [3.8, 4) is 11.4 Å². The van der Waals surface area contributed by atoms with Crippen molar-refractivity contribution >= 4 is 11.3 Å². The minimum atomic E-state index is -0.925. The lowest BCUT2D eigenvalue weighted by Crippen LogP contribution is -1.91. The van der Waals surface area contributed by atoms with E-state index in [1.165, 1.54) is 10.6 Å². The fourth-order valence-corrected chi connectivity index (χ4v) is 1.66. The molecular formula is C12H8F2N4. The van der Waals surface area contributed by atoms with Gasteiger partial charge in [-0.3, -0.25) is 0 Å². The van der Waals surface area contributed by atoms with E-state index < -0.39 is 11.6 Å². The molecule has 3 aromatic rings. The molecule has 4 nitrogen and oxygen atoms in total. The molecule has 0 bridgehead atoms. The van der Waals surface area contributed by atoms with E-state index in [9.17, 15) is 8.78 Å². The van der Waals surface area contributed by atoms with Crippen molar-refractivity contribution in [2.75, 3.05) is 5.73 Å². The van der Waals surface area contributed by atoms with Gasteiger partial charge < -0.3 is 5.73 Å². The Kier molecular flexibility index (Phi) is 2.22. The highest BCUT2D eigenvalue weighted by atomic mass is 19.2. The van der Waals surface area contributed by atoms with E-state index >= 15 is 0 Å². The average Bonchev–Trinajstić information content (AvgIpc) is 2.75. The third-order valence-corrected chi connectivity index (χ3v) is 2.53. The number of hydrogen-bond acceptors (Lipinski definition) is 3. The number of benzene rings is 1. The Hall–Kier alpha value is -2.50. The van der Waals surface area contributed by atoms with Gasteiger partial charge in [0.15, 0.2) is 23.1 Å². The molecule has 0 fully saturated rings. The number of nitrogens with zero attached hydrogens (tertiary/aromatic N) is 3. The van der Waals surface area contributed by atoms with Crippen LogP contribution in [0.2, 0.25) is 0 Å². The molecule has 18 heavy (non-hydrogen) atoms. The molecule has 90 valence electrons.